The molecule has 1 aliphatic heterocycles. The maximum atomic E-state index is 5.04. The van der Waals surface area contributed by atoms with E-state index >= 15 is 0 Å². The van der Waals surface area contributed by atoms with Crippen molar-refractivity contribution in [3.63, 3.8) is 0 Å². The van der Waals surface area contributed by atoms with Crippen molar-refractivity contribution in [3.05, 3.63) is 0 Å². The van der Waals surface area contributed by atoms with Crippen LogP contribution in [0.3, 0.4) is 0 Å². The highest BCUT2D eigenvalue weighted by molar-refractivity contribution is 7.99. The predicted molar refractivity (Wildman–Crippen MR) is 63.1 cm³/mol. The molecule has 1 saturated heterocycles. The van der Waals surface area contributed by atoms with E-state index in [-0.39, 0.29) is 0 Å². The molecule has 0 aromatic carbocycles. The van der Waals surface area contributed by atoms with Crippen LogP contribution in [-0.2, 0) is 4.74 Å². The van der Waals surface area contributed by atoms with Crippen molar-refractivity contribution in [1.82, 2.24) is 10.2 Å². The standard InChI is InChI=1S/C10H22N2OS/c1-12(6-7-13-2)5-3-10-9-14-8-4-11-10/h10-11H,3-9H2,1-2H3. The summed E-state index contributed by atoms with van der Waals surface area (Å²) in [6.07, 6.45) is 1.26. The molecule has 14 heavy (non-hydrogen) atoms. The number of nitrogens with zero attached hydrogens (tertiary/aromatic N) is 1. The van der Waals surface area contributed by atoms with E-state index in [9.17, 15) is 0 Å². The fourth-order valence-corrected chi connectivity index (χ4v) is 2.54. The largest absolute Gasteiger partial charge is 0.383 e. The van der Waals surface area contributed by atoms with E-state index < -0.39 is 0 Å². The molecule has 0 aromatic rings. The van der Waals surface area contributed by atoms with Gasteiger partial charge in [0, 0.05) is 37.7 Å². The lowest BCUT2D eigenvalue weighted by Gasteiger charge is -2.25. The second-order valence-electron chi connectivity index (χ2n) is 3.81. The first kappa shape index (κ1) is 12.3. The molecule has 0 saturated carbocycles. The molecule has 0 amide bonds. The maximum absolute atomic E-state index is 5.04. The third-order valence-corrected chi connectivity index (χ3v) is 3.67. The van der Waals surface area contributed by atoms with Crippen LogP contribution >= 0.6 is 11.8 Å². The fourth-order valence-electron chi connectivity index (χ4n) is 1.54. The molecular formula is C10H22N2OS. The van der Waals surface area contributed by atoms with Crippen molar-refractivity contribution < 1.29 is 4.74 Å². The molecule has 3 nitrogen and oxygen atoms in total. The first-order valence-electron chi connectivity index (χ1n) is 5.31. The summed E-state index contributed by atoms with van der Waals surface area (Å²) in [5.41, 5.74) is 0. The minimum absolute atomic E-state index is 0.721. The summed E-state index contributed by atoms with van der Waals surface area (Å²) in [5, 5.41) is 3.55. The number of rotatable bonds is 6. The minimum atomic E-state index is 0.721. The molecule has 0 spiro atoms. The SMILES string of the molecule is COCCN(C)CCC1CSCCN1. The molecule has 1 heterocycles. The average Bonchev–Trinajstić information content (AvgIpc) is 2.25. The van der Waals surface area contributed by atoms with E-state index in [0.29, 0.717) is 0 Å². The molecule has 0 aromatic heterocycles. The molecule has 0 bridgehead atoms. The first-order chi connectivity index (χ1) is 6.83. The zero-order chi connectivity index (χ0) is 10.2. The fraction of sp³-hybridized carbons (Fsp3) is 1.00. The molecule has 1 atom stereocenters. The summed E-state index contributed by atoms with van der Waals surface area (Å²) >= 11 is 2.07. The van der Waals surface area contributed by atoms with Gasteiger partial charge in [-0.05, 0) is 20.0 Å². The average molecular weight is 218 g/mol. The first-order valence-corrected chi connectivity index (χ1v) is 6.47. The van der Waals surface area contributed by atoms with Gasteiger partial charge in [-0.15, -0.1) is 0 Å². The number of nitrogens with one attached hydrogen (secondary N) is 1. The third-order valence-electron chi connectivity index (χ3n) is 2.53. The number of methoxy groups -OCH3 is 1. The lowest BCUT2D eigenvalue weighted by atomic mass is 10.2. The summed E-state index contributed by atoms with van der Waals surface area (Å²) in [6.45, 7) is 4.22. The highest BCUT2D eigenvalue weighted by Crippen LogP contribution is 2.10. The highest BCUT2D eigenvalue weighted by Gasteiger charge is 2.12. The van der Waals surface area contributed by atoms with Gasteiger partial charge in [0.05, 0.1) is 6.61 Å². The molecule has 0 radical (unpaired) electrons. The van der Waals surface area contributed by atoms with Crippen molar-refractivity contribution in [2.75, 3.05) is 51.9 Å². The molecule has 84 valence electrons. The van der Waals surface area contributed by atoms with E-state index in [1.807, 2.05) is 0 Å². The molecule has 1 fully saturated rings. The molecule has 1 unspecified atom stereocenters. The van der Waals surface area contributed by atoms with Gasteiger partial charge in [0.25, 0.3) is 0 Å². The number of ether oxygens (including phenoxy) is 1. The van der Waals surface area contributed by atoms with E-state index in [2.05, 4.69) is 29.0 Å². The number of thioether (sulfide) groups is 1. The van der Waals surface area contributed by atoms with Gasteiger partial charge in [0.2, 0.25) is 0 Å². The van der Waals surface area contributed by atoms with Crippen LogP contribution in [0.4, 0.5) is 0 Å². The van der Waals surface area contributed by atoms with Gasteiger partial charge >= 0.3 is 0 Å². The molecule has 1 N–H and O–H groups in total. The Hall–Kier alpha value is 0.230. The Labute approximate surface area is 91.6 Å². The molecule has 1 aliphatic rings. The smallest absolute Gasteiger partial charge is 0.0589 e. The van der Waals surface area contributed by atoms with E-state index in [1.165, 1.54) is 31.0 Å². The van der Waals surface area contributed by atoms with Gasteiger partial charge in [-0.1, -0.05) is 0 Å². The Bertz CT molecular complexity index is 140. The predicted octanol–water partition coefficient (Wildman–Crippen LogP) is 0.660. The normalized spacial score (nSPS) is 22.9. The van der Waals surface area contributed by atoms with Crippen LogP contribution in [0.25, 0.3) is 0 Å². The Morgan fingerprint density at radius 3 is 3.00 bits per heavy atom. The van der Waals surface area contributed by atoms with Gasteiger partial charge in [-0.3, -0.25) is 0 Å². The molecule has 1 rings (SSSR count). The second-order valence-corrected chi connectivity index (χ2v) is 4.96. The zero-order valence-electron chi connectivity index (χ0n) is 9.29. The topological polar surface area (TPSA) is 24.5 Å². The number of hydrogen-bond donors (Lipinski definition) is 1. The Kier molecular flexibility index (Phi) is 6.60. The number of likely N-dealkylation sites (N-methyl/N-ethyl adjacent to an activating group) is 1. The molecular weight excluding hydrogens is 196 g/mol. The summed E-state index contributed by atoms with van der Waals surface area (Å²) < 4.78 is 5.04. The van der Waals surface area contributed by atoms with Gasteiger partial charge in [0.15, 0.2) is 0 Å². The Morgan fingerprint density at radius 2 is 2.36 bits per heavy atom. The summed E-state index contributed by atoms with van der Waals surface area (Å²) in [7, 11) is 3.92. The monoisotopic (exact) mass is 218 g/mol. The lowest BCUT2D eigenvalue weighted by Crippen LogP contribution is -2.40. The van der Waals surface area contributed by atoms with Crippen LogP contribution in [0.1, 0.15) is 6.42 Å². The highest BCUT2D eigenvalue weighted by atomic mass is 32.2. The van der Waals surface area contributed by atoms with Crippen molar-refractivity contribution in [2.45, 2.75) is 12.5 Å². The van der Waals surface area contributed by atoms with E-state index in [4.69, 9.17) is 4.74 Å². The zero-order valence-corrected chi connectivity index (χ0v) is 10.1. The van der Waals surface area contributed by atoms with Gasteiger partial charge in [-0.2, -0.15) is 11.8 Å². The molecule has 0 aliphatic carbocycles. The van der Waals surface area contributed by atoms with Crippen molar-refractivity contribution in [3.8, 4) is 0 Å². The summed E-state index contributed by atoms with van der Waals surface area (Å²) in [4.78, 5) is 2.34. The maximum Gasteiger partial charge on any atom is 0.0589 e. The lowest BCUT2D eigenvalue weighted by molar-refractivity contribution is 0.159. The second kappa shape index (κ2) is 7.51. The minimum Gasteiger partial charge on any atom is -0.383 e. The van der Waals surface area contributed by atoms with Crippen molar-refractivity contribution >= 4 is 11.8 Å². The third kappa shape index (κ3) is 5.20. The van der Waals surface area contributed by atoms with E-state index in [0.717, 1.165) is 19.2 Å². The summed E-state index contributed by atoms with van der Waals surface area (Å²) in [6, 6.07) is 0.721. The van der Waals surface area contributed by atoms with Gasteiger partial charge in [0.1, 0.15) is 0 Å². The Balaban J connectivity index is 2.00. The van der Waals surface area contributed by atoms with Gasteiger partial charge < -0.3 is 15.0 Å². The van der Waals surface area contributed by atoms with Crippen LogP contribution in [0.5, 0.6) is 0 Å². The van der Waals surface area contributed by atoms with Crippen LogP contribution in [0, 0.1) is 0 Å². The van der Waals surface area contributed by atoms with Crippen LogP contribution in [0.2, 0.25) is 0 Å². The summed E-state index contributed by atoms with van der Waals surface area (Å²) in [5.74, 6) is 2.55. The van der Waals surface area contributed by atoms with Crippen LogP contribution < -0.4 is 5.32 Å². The van der Waals surface area contributed by atoms with Crippen LogP contribution in [-0.4, -0.2) is 62.8 Å². The van der Waals surface area contributed by atoms with Crippen molar-refractivity contribution in [2.24, 2.45) is 0 Å². The quantitative estimate of drug-likeness (QED) is 0.708. The number of hydrogen-bond acceptors (Lipinski definition) is 4. The Morgan fingerprint density at radius 1 is 1.50 bits per heavy atom. The van der Waals surface area contributed by atoms with Gasteiger partial charge in [-0.25, -0.2) is 0 Å². The van der Waals surface area contributed by atoms with E-state index in [1.54, 1.807) is 7.11 Å². The molecule has 4 heteroatoms. The van der Waals surface area contributed by atoms with Crippen molar-refractivity contribution in [1.29, 1.82) is 0 Å². The van der Waals surface area contributed by atoms with Crippen LogP contribution in [0.15, 0.2) is 0 Å².